The van der Waals surface area contributed by atoms with E-state index in [1.807, 2.05) is 0 Å². The molecule has 0 saturated carbocycles. The summed E-state index contributed by atoms with van der Waals surface area (Å²) in [6.07, 6.45) is 2.85. The van der Waals surface area contributed by atoms with Crippen molar-refractivity contribution in [2.75, 3.05) is 11.9 Å². The Labute approximate surface area is 103 Å². The SMILES string of the molecule is CCOc1ccc(NC(=O)c2cn[nH]c2)cc1F. The molecule has 1 aromatic heterocycles. The number of carbonyl (C=O) groups excluding carboxylic acids is 1. The van der Waals surface area contributed by atoms with Crippen molar-refractivity contribution >= 4 is 11.6 Å². The number of anilines is 1. The van der Waals surface area contributed by atoms with Crippen LogP contribution in [0.2, 0.25) is 0 Å². The van der Waals surface area contributed by atoms with E-state index in [9.17, 15) is 9.18 Å². The van der Waals surface area contributed by atoms with E-state index >= 15 is 0 Å². The second-order valence-electron chi connectivity index (χ2n) is 3.52. The number of carbonyl (C=O) groups is 1. The van der Waals surface area contributed by atoms with Gasteiger partial charge in [0.2, 0.25) is 0 Å². The van der Waals surface area contributed by atoms with Gasteiger partial charge in [-0.25, -0.2) is 4.39 Å². The fourth-order valence-electron chi connectivity index (χ4n) is 1.43. The fraction of sp³-hybridized carbons (Fsp3) is 0.167. The minimum atomic E-state index is -0.512. The normalized spacial score (nSPS) is 10.1. The lowest BCUT2D eigenvalue weighted by atomic mass is 10.2. The third kappa shape index (κ3) is 2.65. The summed E-state index contributed by atoms with van der Waals surface area (Å²) in [6, 6.07) is 4.26. The molecule has 0 aliphatic carbocycles. The van der Waals surface area contributed by atoms with Crippen molar-refractivity contribution in [1.82, 2.24) is 10.2 Å². The van der Waals surface area contributed by atoms with Crippen molar-refractivity contribution in [2.45, 2.75) is 6.92 Å². The largest absolute Gasteiger partial charge is 0.491 e. The third-order valence-corrected chi connectivity index (χ3v) is 2.25. The van der Waals surface area contributed by atoms with Crippen LogP contribution in [-0.4, -0.2) is 22.7 Å². The maximum Gasteiger partial charge on any atom is 0.258 e. The highest BCUT2D eigenvalue weighted by molar-refractivity contribution is 6.03. The van der Waals surface area contributed by atoms with Gasteiger partial charge in [0.15, 0.2) is 11.6 Å². The summed E-state index contributed by atoms with van der Waals surface area (Å²) < 4.78 is 18.6. The molecule has 2 N–H and O–H groups in total. The molecule has 1 amide bonds. The van der Waals surface area contributed by atoms with Gasteiger partial charge in [-0.15, -0.1) is 0 Å². The molecule has 0 saturated heterocycles. The Bertz CT molecular complexity index is 540. The maximum absolute atomic E-state index is 13.5. The minimum Gasteiger partial charge on any atom is -0.491 e. The lowest BCUT2D eigenvalue weighted by Crippen LogP contribution is -2.11. The molecular weight excluding hydrogens is 237 g/mol. The fourth-order valence-corrected chi connectivity index (χ4v) is 1.43. The van der Waals surface area contributed by atoms with Gasteiger partial charge in [0.25, 0.3) is 5.91 Å². The molecule has 0 unspecified atom stereocenters. The van der Waals surface area contributed by atoms with Gasteiger partial charge < -0.3 is 10.1 Å². The Morgan fingerprint density at radius 2 is 2.39 bits per heavy atom. The van der Waals surface area contributed by atoms with E-state index in [0.717, 1.165) is 0 Å². The van der Waals surface area contributed by atoms with Crippen molar-refractivity contribution < 1.29 is 13.9 Å². The number of amides is 1. The topological polar surface area (TPSA) is 67.0 Å². The Morgan fingerprint density at radius 3 is 3.00 bits per heavy atom. The number of rotatable bonds is 4. The smallest absolute Gasteiger partial charge is 0.258 e. The van der Waals surface area contributed by atoms with Gasteiger partial charge in [-0.1, -0.05) is 0 Å². The second-order valence-corrected chi connectivity index (χ2v) is 3.52. The average molecular weight is 249 g/mol. The van der Waals surface area contributed by atoms with E-state index in [0.29, 0.717) is 17.9 Å². The minimum absolute atomic E-state index is 0.166. The number of halogens is 1. The van der Waals surface area contributed by atoms with Crippen molar-refractivity contribution in [3.8, 4) is 5.75 Å². The first-order chi connectivity index (χ1) is 8.70. The molecule has 0 radical (unpaired) electrons. The third-order valence-electron chi connectivity index (χ3n) is 2.25. The average Bonchev–Trinajstić information content (AvgIpc) is 2.86. The van der Waals surface area contributed by atoms with E-state index < -0.39 is 5.82 Å². The van der Waals surface area contributed by atoms with Gasteiger partial charge in [-0.05, 0) is 19.1 Å². The van der Waals surface area contributed by atoms with E-state index in [1.54, 1.807) is 13.0 Å². The number of hydrogen-bond acceptors (Lipinski definition) is 3. The van der Waals surface area contributed by atoms with E-state index in [1.165, 1.54) is 24.5 Å². The number of aromatic nitrogens is 2. The van der Waals surface area contributed by atoms with Gasteiger partial charge in [0.1, 0.15) is 0 Å². The highest BCUT2D eigenvalue weighted by Gasteiger charge is 2.09. The van der Waals surface area contributed by atoms with Crippen molar-refractivity contribution in [2.24, 2.45) is 0 Å². The number of hydrogen-bond donors (Lipinski definition) is 2. The Morgan fingerprint density at radius 1 is 1.56 bits per heavy atom. The first-order valence-electron chi connectivity index (χ1n) is 5.43. The van der Waals surface area contributed by atoms with Crippen LogP contribution >= 0.6 is 0 Å². The Kier molecular flexibility index (Phi) is 3.57. The van der Waals surface area contributed by atoms with Gasteiger partial charge in [-0.2, -0.15) is 5.10 Å². The summed E-state index contributed by atoms with van der Waals surface area (Å²) in [5, 5.41) is 8.75. The lowest BCUT2D eigenvalue weighted by molar-refractivity contribution is 0.102. The highest BCUT2D eigenvalue weighted by Crippen LogP contribution is 2.21. The molecule has 0 fully saturated rings. The van der Waals surface area contributed by atoms with Crippen LogP contribution in [0.4, 0.5) is 10.1 Å². The quantitative estimate of drug-likeness (QED) is 0.872. The molecule has 5 nitrogen and oxygen atoms in total. The molecule has 0 bridgehead atoms. The zero-order valence-electron chi connectivity index (χ0n) is 9.74. The lowest BCUT2D eigenvalue weighted by Gasteiger charge is -2.07. The zero-order valence-corrected chi connectivity index (χ0v) is 9.74. The number of H-pyrrole nitrogens is 1. The summed E-state index contributed by atoms with van der Waals surface area (Å²) in [7, 11) is 0. The van der Waals surface area contributed by atoms with Crippen LogP contribution in [0, 0.1) is 5.82 Å². The molecule has 6 heteroatoms. The summed E-state index contributed by atoms with van der Waals surface area (Å²) in [5.41, 5.74) is 0.742. The van der Waals surface area contributed by atoms with Crippen molar-refractivity contribution in [1.29, 1.82) is 0 Å². The van der Waals surface area contributed by atoms with Crippen molar-refractivity contribution in [3.05, 3.63) is 42.0 Å². The molecule has 1 heterocycles. The maximum atomic E-state index is 13.5. The van der Waals surface area contributed by atoms with Crippen LogP contribution in [0.5, 0.6) is 5.75 Å². The molecule has 0 spiro atoms. The molecule has 94 valence electrons. The van der Waals surface area contributed by atoms with E-state index in [2.05, 4.69) is 15.5 Å². The van der Waals surface area contributed by atoms with Crippen LogP contribution in [-0.2, 0) is 0 Å². The predicted molar refractivity (Wildman–Crippen MR) is 64.1 cm³/mol. The van der Waals surface area contributed by atoms with Gasteiger partial charge in [-0.3, -0.25) is 9.89 Å². The molecule has 18 heavy (non-hydrogen) atoms. The van der Waals surface area contributed by atoms with Crippen molar-refractivity contribution in [3.63, 3.8) is 0 Å². The van der Waals surface area contributed by atoms with Crippen LogP contribution in [0.15, 0.2) is 30.6 Å². The summed E-state index contributed by atoms with van der Waals surface area (Å²) in [5.74, 6) is -0.701. The monoisotopic (exact) mass is 249 g/mol. The first kappa shape index (κ1) is 12.1. The second kappa shape index (κ2) is 5.31. The van der Waals surface area contributed by atoms with Gasteiger partial charge >= 0.3 is 0 Å². The first-order valence-corrected chi connectivity index (χ1v) is 5.43. The number of nitrogens with zero attached hydrogens (tertiary/aromatic N) is 1. The standard InChI is InChI=1S/C12H12FN3O2/c1-2-18-11-4-3-9(5-10(11)13)16-12(17)8-6-14-15-7-8/h3-7H,2H2,1H3,(H,14,15)(H,16,17). The van der Waals surface area contributed by atoms with E-state index in [4.69, 9.17) is 4.74 Å². The highest BCUT2D eigenvalue weighted by atomic mass is 19.1. The van der Waals surface area contributed by atoms with Gasteiger partial charge in [0.05, 0.1) is 18.4 Å². The predicted octanol–water partition coefficient (Wildman–Crippen LogP) is 2.20. The Balaban J connectivity index is 2.11. The molecule has 1 aromatic carbocycles. The van der Waals surface area contributed by atoms with Crippen LogP contribution < -0.4 is 10.1 Å². The van der Waals surface area contributed by atoms with E-state index in [-0.39, 0.29) is 11.7 Å². The molecule has 0 atom stereocenters. The summed E-state index contributed by atoms with van der Waals surface area (Å²) >= 11 is 0. The molecule has 2 aromatic rings. The number of aromatic amines is 1. The molecule has 0 aliphatic rings. The summed E-state index contributed by atoms with van der Waals surface area (Å²) in [6.45, 7) is 2.16. The van der Waals surface area contributed by atoms with Crippen LogP contribution in [0.1, 0.15) is 17.3 Å². The number of nitrogens with one attached hydrogen (secondary N) is 2. The zero-order chi connectivity index (χ0) is 13.0. The summed E-state index contributed by atoms with van der Waals surface area (Å²) in [4.78, 5) is 11.7. The molecule has 0 aliphatic heterocycles. The number of ether oxygens (including phenoxy) is 1. The van der Waals surface area contributed by atoms with Gasteiger partial charge in [0, 0.05) is 18.0 Å². The van der Waals surface area contributed by atoms with Crippen LogP contribution in [0.3, 0.4) is 0 Å². The number of benzene rings is 1. The molecular formula is C12H12FN3O2. The Hall–Kier alpha value is -2.37. The molecule has 2 rings (SSSR count). The van der Waals surface area contributed by atoms with Crippen LogP contribution in [0.25, 0.3) is 0 Å².